The van der Waals surface area contributed by atoms with Crippen LogP contribution in [-0.4, -0.2) is 46.9 Å². The summed E-state index contributed by atoms with van der Waals surface area (Å²) in [6.07, 6.45) is 5.20. The van der Waals surface area contributed by atoms with Gasteiger partial charge in [-0.2, -0.15) is 0 Å². The van der Waals surface area contributed by atoms with Crippen LogP contribution in [0.4, 0.5) is 17.1 Å². The highest BCUT2D eigenvalue weighted by atomic mass is 16.6. The number of carbonyl (C=O) groups is 1. The summed E-state index contributed by atoms with van der Waals surface area (Å²) in [5.41, 5.74) is 5.40. The molecule has 3 aromatic rings. The van der Waals surface area contributed by atoms with E-state index in [4.69, 9.17) is 4.98 Å². The molecule has 0 atom stereocenters. The standard InChI is InChI=1S/C27H33N5O3/c1-3-31(4-2)27(33)19-14-15-24(25(18-19)32(34)35)28-16-9-17-29-26-20-10-5-7-12-22(20)30-23-13-8-6-11-21(23)26/h5,7,10,12,14-15,18,28H,3-4,6,8-9,11,13,16-17H2,1-2H3,(H,29,30). The summed E-state index contributed by atoms with van der Waals surface area (Å²) < 4.78 is 0. The Kier molecular flexibility index (Phi) is 7.80. The molecule has 1 heterocycles. The Morgan fingerprint density at radius 3 is 2.57 bits per heavy atom. The van der Waals surface area contributed by atoms with Gasteiger partial charge >= 0.3 is 0 Å². The Hall–Kier alpha value is -3.68. The number of anilines is 2. The molecule has 8 heteroatoms. The molecule has 0 bridgehead atoms. The lowest BCUT2D eigenvalue weighted by Crippen LogP contribution is -2.30. The first-order chi connectivity index (χ1) is 17.0. The molecule has 1 aromatic heterocycles. The maximum absolute atomic E-state index is 12.6. The number of nitro groups is 1. The molecule has 184 valence electrons. The van der Waals surface area contributed by atoms with Crippen molar-refractivity contribution in [3.63, 3.8) is 0 Å². The van der Waals surface area contributed by atoms with Gasteiger partial charge in [-0.05, 0) is 69.7 Å². The van der Waals surface area contributed by atoms with Crippen molar-refractivity contribution in [1.29, 1.82) is 0 Å². The highest BCUT2D eigenvalue weighted by Gasteiger charge is 2.20. The van der Waals surface area contributed by atoms with E-state index in [0.29, 0.717) is 30.9 Å². The first-order valence-corrected chi connectivity index (χ1v) is 12.5. The molecule has 0 aliphatic heterocycles. The van der Waals surface area contributed by atoms with Crippen LogP contribution in [0.15, 0.2) is 42.5 Å². The minimum atomic E-state index is -0.436. The van der Waals surface area contributed by atoms with E-state index in [1.54, 1.807) is 17.0 Å². The number of rotatable bonds is 10. The van der Waals surface area contributed by atoms with Gasteiger partial charge < -0.3 is 15.5 Å². The van der Waals surface area contributed by atoms with Gasteiger partial charge in [0.25, 0.3) is 11.6 Å². The number of aromatic nitrogens is 1. The minimum absolute atomic E-state index is 0.0786. The molecule has 0 saturated heterocycles. The number of pyridine rings is 1. The lowest BCUT2D eigenvalue weighted by Gasteiger charge is -2.21. The molecule has 0 radical (unpaired) electrons. The van der Waals surface area contributed by atoms with E-state index in [0.717, 1.165) is 36.7 Å². The van der Waals surface area contributed by atoms with E-state index < -0.39 is 4.92 Å². The summed E-state index contributed by atoms with van der Waals surface area (Å²) in [5, 5.41) is 19.6. The summed E-state index contributed by atoms with van der Waals surface area (Å²) in [5.74, 6) is -0.193. The monoisotopic (exact) mass is 475 g/mol. The Morgan fingerprint density at radius 2 is 1.80 bits per heavy atom. The molecule has 0 spiro atoms. The van der Waals surface area contributed by atoms with Gasteiger partial charge in [-0.25, -0.2) is 0 Å². The third-order valence-corrected chi connectivity index (χ3v) is 6.63. The molecule has 0 unspecified atom stereocenters. The number of nitro benzene ring substituents is 1. The van der Waals surface area contributed by atoms with Gasteiger partial charge in [0, 0.05) is 54.6 Å². The maximum Gasteiger partial charge on any atom is 0.293 e. The molecule has 0 fully saturated rings. The second-order valence-electron chi connectivity index (χ2n) is 8.81. The number of amides is 1. The van der Waals surface area contributed by atoms with Gasteiger partial charge in [-0.15, -0.1) is 0 Å². The van der Waals surface area contributed by atoms with Crippen molar-refractivity contribution < 1.29 is 9.72 Å². The van der Waals surface area contributed by atoms with E-state index >= 15 is 0 Å². The number of fused-ring (bicyclic) bond motifs is 2. The molecular formula is C27H33N5O3. The zero-order valence-corrected chi connectivity index (χ0v) is 20.5. The van der Waals surface area contributed by atoms with Crippen molar-refractivity contribution in [1.82, 2.24) is 9.88 Å². The molecule has 2 N–H and O–H groups in total. The molecule has 1 aliphatic rings. The van der Waals surface area contributed by atoms with E-state index in [1.165, 1.54) is 35.9 Å². The minimum Gasteiger partial charge on any atom is -0.384 e. The summed E-state index contributed by atoms with van der Waals surface area (Å²) in [4.78, 5) is 30.4. The number of benzene rings is 2. The molecule has 1 aliphatic carbocycles. The normalized spacial score (nSPS) is 12.7. The predicted molar refractivity (Wildman–Crippen MR) is 140 cm³/mol. The number of para-hydroxylation sites is 1. The van der Waals surface area contributed by atoms with Crippen LogP contribution in [-0.2, 0) is 12.8 Å². The van der Waals surface area contributed by atoms with Crippen molar-refractivity contribution in [2.24, 2.45) is 0 Å². The zero-order chi connectivity index (χ0) is 24.8. The molecule has 8 nitrogen and oxygen atoms in total. The molecule has 4 rings (SSSR count). The summed E-state index contributed by atoms with van der Waals surface area (Å²) in [6, 6.07) is 12.9. The lowest BCUT2D eigenvalue weighted by atomic mass is 9.92. The molecule has 0 saturated carbocycles. The third kappa shape index (κ3) is 5.37. The van der Waals surface area contributed by atoms with E-state index in [9.17, 15) is 14.9 Å². The topological polar surface area (TPSA) is 100 Å². The van der Waals surface area contributed by atoms with Gasteiger partial charge in [0.2, 0.25) is 0 Å². The zero-order valence-electron chi connectivity index (χ0n) is 20.5. The van der Waals surface area contributed by atoms with Crippen LogP contribution >= 0.6 is 0 Å². The second-order valence-corrected chi connectivity index (χ2v) is 8.81. The smallest absolute Gasteiger partial charge is 0.293 e. The number of carbonyl (C=O) groups excluding carboxylic acids is 1. The largest absolute Gasteiger partial charge is 0.384 e. The quantitative estimate of drug-likeness (QED) is 0.231. The van der Waals surface area contributed by atoms with Crippen LogP contribution in [0.1, 0.15) is 54.7 Å². The van der Waals surface area contributed by atoms with Crippen molar-refractivity contribution in [3.05, 3.63) is 69.4 Å². The Balaban J connectivity index is 1.41. The molecule has 2 aromatic carbocycles. The van der Waals surface area contributed by atoms with Gasteiger partial charge in [-0.1, -0.05) is 18.2 Å². The average molecular weight is 476 g/mol. The summed E-state index contributed by atoms with van der Waals surface area (Å²) >= 11 is 0. The summed E-state index contributed by atoms with van der Waals surface area (Å²) in [7, 11) is 0. The Morgan fingerprint density at radius 1 is 1.06 bits per heavy atom. The first kappa shape index (κ1) is 24.4. The SMILES string of the molecule is CCN(CC)C(=O)c1ccc(NCCCNc2c3c(nc4ccccc24)CCCC3)c([N+](=O)[O-])c1. The van der Waals surface area contributed by atoms with Crippen LogP contribution in [0.5, 0.6) is 0 Å². The lowest BCUT2D eigenvalue weighted by molar-refractivity contribution is -0.384. The first-order valence-electron chi connectivity index (χ1n) is 12.5. The van der Waals surface area contributed by atoms with E-state index in [-0.39, 0.29) is 11.6 Å². The van der Waals surface area contributed by atoms with Crippen molar-refractivity contribution in [2.75, 3.05) is 36.8 Å². The molecule has 1 amide bonds. The average Bonchev–Trinajstić information content (AvgIpc) is 2.88. The number of aryl methyl sites for hydroxylation is 1. The van der Waals surface area contributed by atoms with Crippen molar-refractivity contribution >= 4 is 33.9 Å². The van der Waals surface area contributed by atoms with E-state index in [2.05, 4.69) is 22.8 Å². The molecular weight excluding hydrogens is 442 g/mol. The highest BCUT2D eigenvalue weighted by Crippen LogP contribution is 2.33. The number of nitrogens with zero attached hydrogens (tertiary/aromatic N) is 3. The third-order valence-electron chi connectivity index (χ3n) is 6.63. The fourth-order valence-corrected chi connectivity index (χ4v) is 4.76. The summed E-state index contributed by atoms with van der Waals surface area (Å²) in [6.45, 7) is 6.22. The predicted octanol–water partition coefficient (Wildman–Crippen LogP) is 5.42. The van der Waals surface area contributed by atoms with E-state index in [1.807, 2.05) is 26.0 Å². The van der Waals surface area contributed by atoms with Crippen molar-refractivity contribution in [2.45, 2.75) is 46.0 Å². The van der Waals surface area contributed by atoms with Crippen molar-refractivity contribution in [3.8, 4) is 0 Å². The van der Waals surface area contributed by atoms with Gasteiger partial charge in [0.1, 0.15) is 5.69 Å². The van der Waals surface area contributed by atoms with Crippen LogP contribution in [0.3, 0.4) is 0 Å². The van der Waals surface area contributed by atoms with Crippen LogP contribution in [0.2, 0.25) is 0 Å². The van der Waals surface area contributed by atoms with Gasteiger partial charge in [-0.3, -0.25) is 19.9 Å². The fraction of sp³-hybridized carbons (Fsp3) is 0.407. The maximum atomic E-state index is 12.6. The second kappa shape index (κ2) is 11.2. The number of hydrogen-bond donors (Lipinski definition) is 2. The van der Waals surface area contributed by atoms with Crippen LogP contribution < -0.4 is 10.6 Å². The Labute approximate surface area is 205 Å². The highest BCUT2D eigenvalue weighted by molar-refractivity contribution is 5.96. The number of nitrogens with one attached hydrogen (secondary N) is 2. The van der Waals surface area contributed by atoms with Gasteiger partial charge in [0.05, 0.1) is 10.4 Å². The van der Waals surface area contributed by atoms with Gasteiger partial charge in [0.15, 0.2) is 0 Å². The van der Waals surface area contributed by atoms with Crippen LogP contribution in [0, 0.1) is 10.1 Å². The Bertz CT molecular complexity index is 1220. The number of hydrogen-bond acceptors (Lipinski definition) is 6. The van der Waals surface area contributed by atoms with Crippen LogP contribution in [0.25, 0.3) is 10.9 Å². The fourth-order valence-electron chi connectivity index (χ4n) is 4.76. The molecule has 35 heavy (non-hydrogen) atoms.